The van der Waals surface area contributed by atoms with Gasteiger partial charge in [-0.25, -0.2) is 9.59 Å². The maximum Gasteiger partial charge on any atom is 0.347 e. The third-order valence-corrected chi connectivity index (χ3v) is 11.5. The van der Waals surface area contributed by atoms with E-state index in [1.165, 1.54) is 36.9 Å². The van der Waals surface area contributed by atoms with Crippen molar-refractivity contribution in [2.24, 2.45) is 41.4 Å². The van der Waals surface area contributed by atoms with Gasteiger partial charge in [-0.2, -0.15) is 0 Å². The van der Waals surface area contributed by atoms with E-state index in [4.69, 9.17) is 18.9 Å². The molecule has 0 spiro atoms. The normalized spacial score (nSPS) is 39.2. The second-order valence-corrected chi connectivity index (χ2v) is 15.3. The number of carboxylic acid groups (broad SMARTS) is 1. The highest BCUT2D eigenvalue weighted by atomic mass is 32.2. The molecule has 0 amide bonds. The Bertz CT molecular complexity index is 899. The van der Waals surface area contributed by atoms with Crippen LogP contribution < -0.4 is 0 Å². The van der Waals surface area contributed by atoms with Gasteiger partial charge in [0, 0.05) is 18.6 Å². The fourth-order valence-electron chi connectivity index (χ4n) is 6.78. The van der Waals surface area contributed by atoms with E-state index in [9.17, 15) is 24.6 Å². The van der Waals surface area contributed by atoms with Crippen molar-refractivity contribution in [1.29, 1.82) is 0 Å². The Morgan fingerprint density at radius 3 is 2.05 bits per heavy atom. The number of carboxylic acids is 1. The number of carbonyl (C=O) groups is 3. The zero-order valence-electron chi connectivity index (χ0n) is 25.6. The van der Waals surface area contributed by atoms with Crippen molar-refractivity contribution in [3.8, 4) is 0 Å². The minimum atomic E-state index is -1.25. The maximum absolute atomic E-state index is 12.3. The molecule has 2 N–H and O–H groups in total. The van der Waals surface area contributed by atoms with Crippen LogP contribution in [0.1, 0.15) is 87.0 Å². The number of esters is 2. The van der Waals surface area contributed by atoms with Crippen molar-refractivity contribution >= 4 is 41.4 Å². The number of thioether (sulfide) groups is 2. The molecule has 0 aromatic heterocycles. The first-order valence-corrected chi connectivity index (χ1v) is 17.1. The fraction of sp³-hybridized carbons (Fsp3) is 0.900. The average molecular weight is 619 g/mol. The van der Waals surface area contributed by atoms with Gasteiger partial charge in [-0.3, -0.25) is 4.79 Å². The van der Waals surface area contributed by atoms with Gasteiger partial charge in [0.15, 0.2) is 6.29 Å². The molecule has 4 fully saturated rings. The van der Waals surface area contributed by atoms with Crippen molar-refractivity contribution in [3.05, 3.63) is 0 Å². The molecule has 7 unspecified atom stereocenters. The number of hydrogen-bond donors (Lipinski definition) is 2. The number of carbonyl (C=O) groups excluding carboxylic acids is 2. The Morgan fingerprint density at radius 2 is 1.51 bits per heavy atom. The summed E-state index contributed by atoms with van der Waals surface area (Å²) < 4.78 is 21.7. The molecule has 0 bridgehead atoms. The molecular formula is C30H50O9S2. The van der Waals surface area contributed by atoms with E-state index in [0.717, 1.165) is 32.1 Å². The molecular weight excluding hydrogens is 568 g/mol. The highest BCUT2D eigenvalue weighted by molar-refractivity contribution is 8.01. The highest BCUT2D eigenvalue weighted by Gasteiger charge is 2.57. The molecule has 2 saturated carbocycles. The molecule has 236 valence electrons. The molecule has 9 nitrogen and oxygen atoms in total. The summed E-state index contributed by atoms with van der Waals surface area (Å²) in [6.07, 6.45) is 4.66. The first-order chi connectivity index (χ1) is 19.2. The minimum Gasteiger partial charge on any atom is -0.478 e. The van der Waals surface area contributed by atoms with Gasteiger partial charge in [0.1, 0.15) is 6.10 Å². The number of rotatable bonds is 7. The van der Waals surface area contributed by atoms with Crippen LogP contribution in [0.5, 0.6) is 0 Å². The molecule has 2 saturated heterocycles. The predicted molar refractivity (Wildman–Crippen MR) is 159 cm³/mol. The van der Waals surface area contributed by atoms with Crippen LogP contribution in [-0.4, -0.2) is 68.7 Å². The Labute approximate surface area is 253 Å². The van der Waals surface area contributed by atoms with Gasteiger partial charge in [0.25, 0.3) is 0 Å². The van der Waals surface area contributed by atoms with Gasteiger partial charge in [-0.05, 0) is 61.2 Å². The van der Waals surface area contributed by atoms with Gasteiger partial charge in [0.2, 0.25) is 16.7 Å². The molecule has 10 atom stereocenters. The summed E-state index contributed by atoms with van der Waals surface area (Å²) in [6, 6.07) is 0. The summed E-state index contributed by atoms with van der Waals surface area (Å²) >= 11 is 2.59. The molecule has 4 rings (SSSR count). The van der Waals surface area contributed by atoms with Crippen LogP contribution in [0.25, 0.3) is 0 Å². The number of hydrogen-bond acceptors (Lipinski definition) is 10. The first-order valence-electron chi connectivity index (χ1n) is 15.1. The van der Waals surface area contributed by atoms with Crippen LogP contribution in [0.3, 0.4) is 0 Å². The largest absolute Gasteiger partial charge is 0.478 e. The van der Waals surface area contributed by atoms with Crippen LogP contribution in [0.4, 0.5) is 0 Å². The Balaban J connectivity index is 0.000000228. The molecule has 0 aromatic rings. The predicted octanol–water partition coefficient (Wildman–Crippen LogP) is 5.53. The van der Waals surface area contributed by atoms with Crippen molar-refractivity contribution in [1.82, 2.24) is 0 Å². The van der Waals surface area contributed by atoms with Crippen LogP contribution in [-0.2, 0) is 33.3 Å². The van der Waals surface area contributed by atoms with E-state index in [0.29, 0.717) is 47.0 Å². The zero-order valence-corrected chi connectivity index (χ0v) is 27.2. The second kappa shape index (κ2) is 15.1. The monoisotopic (exact) mass is 618 g/mol. The number of aliphatic hydroxyl groups excluding tert-OH is 1. The van der Waals surface area contributed by atoms with Crippen LogP contribution in [0.15, 0.2) is 0 Å². The highest BCUT2D eigenvalue weighted by Crippen LogP contribution is 2.52. The van der Waals surface area contributed by atoms with Gasteiger partial charge in [0.05, 0.1) is 5.75 Å². The Kier molecular flexibility index (Phi) is 12.7. The Hall–Kier alpha value is -1.01. The van der Waals surface area contributed by atoms with E-state index in [-0.39, 0.29) is 18.0 Å². The lowest BCUT2D eigenvalue weighted by Crippen LogP contribution is -2.50. The lowest BCUT2D eigenvalue weighted by Gasteiger charge is -2.44. The third-order valence-electron chi connectivity index (χ3n) is 8.94. The molecule has 0 aromatic carbocycles. The quantitative estimate of drug-likeness (QED) is 0.350. The van der Waals surface area contributed by atoms with Gasteiger partial charge >= 0.3 is 17.9 Å². The molecule has 11 heteroatoms. The first kappa shape index (κ1) is 34.5. The van der Waals surface area contributed by atoms with Crippen LogP contribution in [0, 0.1) is 41.4 Å². The molecule has 0 radical (unpaired) electrons. The second-order valence-electron chi connectivity index (χ2n) is 12.9. The summed E-state index contributed by atoms with van der Waals surface area (Å²) in [5, 5.41) is 19.3. The lowest BCUT2D eigenvalue weighted by molar-refractivity contribution is -0.188. The maximum atomic E-state index is 12.3. The van der Waals surface area contributed by atoms with E-state index in [1.54, 1.807) is 0 Å². The van der Waals surface area contributed by atoms with E-state index in [1.807, 2.05) is 0 Å². The smallest absolute Gasteiger partial charge is 0.347 e. The topological polar surface area (TPSA) is 129 Å². The van der Waals surface area contributed by atoms with Crippen molar-refractivity contribution in [2.75, 3.05) is 11.5 Å². The van der Waals surface area contributed by atoms with Crippen molar-refractivity contribution < 1.29 is 43.5 Å². The van der Waals surface area contributed by atoms with Gasteiger partial charge in [-0.15, -0.1) is 23.5 Å². The standard InChI is InChI=1S/C16H26O5S.C14H24O4S/c1-9(2)12-6-5-10(3)7-13(12)20-15(18)16-21-14(8-22-16)19-11(4)17;1-8(2)10-5-4-9(3)6-11(10)14(13(16)17)18-12(15)7-19-14/h9-10,12-14,16H,5-8H2,1-4H3;8-12,15H,4-7H2,1-3H3,(H,16,17)/t;9-,10?,11?,12-,14-/m.1/s1. The summed E-state index contributed by atoms with van der Waals surface area (Å²) in [5.41, 5.74) is -0.686. The summed E-state index contributed by atoms with van der Waals surface area (Å²) in [7, 11) is 0. The molecule has 41 heavy (non-hydrogen) atoms. The van der Waals surface area contributed by atoms with Crippen LogP contribution >= 0.6 is 23.5 Å². The van der Waals surface area contributed by atoms with Gasteiger partial charge in [-0.1, -0.05) is 54.4 Å². The summed E-state index contributed by atoms with van der Waals surface area (Å²) in [6.45, 7) is 14.4. The molecule has 2 heterocycles. The Morgan fingerprint density at radius 1 is 0.902 bits per heavy atom. The molecule has 2 aliphatic carbocycles. The average Bonchev–Trinajstić information content (AvgIpc) is 3.51. The number of aliphatic hydroxyl groups is 1. The van der Waals surface area contributed by atoms with E-state index in [2.05, 4.69) is 41.5 Å². The van der Waals surface area contributed by atoms with Gasteiger partial charge < -0.3 is 29.2 Å². The number of aliphatic carboxylic acids is 1. The minimum absolute atomic E-state index is 0.0177. The zero-order chi connectivity index (χ0) is 30.5. The molecule has 4 aliphatic rings. The van der Waals surface area contributed by atoms with Crippen molar-refractivity contribution in [3.63, 3.8) is 0 Å². The summed E-state index contributed by atoms with van der Waals surface area (Å²) in [5.74, 6) is 1.93. The third kappa shape index (κ3) is 9.00. The van der Waals surface area contributed by atoms with Crippen molar-refractivity contribution in [2.45, 2.75) is 116 Å². The summed E-state index contributed by atoms with van der Waals surface area (Å²) in [4.78, 5) is 33.8. The van der Waals surface area contributed by atoms with E-state index >= 15 is 0 Å². The molecule has 2 aliphatic heterocycles. The lowest BCUT2D eigenvalue weighted by atomic mass is 9.67. The van der Waals surface area contributed by atoms with E-state index < -0.39 is 34.9 Å². The van der Waals surface area contributed by atoms with Crippen LogP contribution in [0.2, 0.25) is 0 Å². The fourth-order valence-corrected chi connectivity index (χ4v) is 8.90. The number of ether oxygens (including phenoxy) is 4. The SMILES string of the molecule is CC(=O)OC1CSC(C(=O)OC2CC(C)CCC2C(C)C)O1.CC(C)C1CC[C@@H](C)CC1[C@@]1(C(=O)O)O[C@@H](O)CS1.